The Kier molecular flexibility index (Phi) is 2.10. The van der Waals surface area contributed by atoms with Crippen molar-refractivity contribution in [2.45, 2.75) is 0 Å². The molecule has 0 bridgehead atoms. The lowest BCUT2D eigenvalue weighted by Gasteiger charge is -2.00. The van der Waals surface area contributed by atoms with Crippen LogP contribution in [0, 0.1) is 0 Å². The van der Waals surface area contributed by atoms with Crippen LogP contribution in [0.5, 0.6) is 0 Å². The van der Waals surface area contributed by atoms with Crippen molar-refractivity contribution < 1.29 is 0 Å². The van der Waals surface area contributed by atoms with Gasteiger partial charge in [-0.05, 0) is 12.1 Å². The summed E-state index contributed by atoms with van der Waals surface area (Å²) in [5.74, 6) is 0.707. The molecule has 0 saturated carbocycles. The molecule has 14 heavy (non-hydrogen) atoms. The average Bonchev–Trinajstić information content (AvgIpc) is 2.61. The molecule has 1 aromatic carbocycles. The first kappa shape index (κ1) is 8.62. The number of rotatable bonds is 2. The van der Waals surface area contributed by atoms with Gasteiger partial charge < -0.3 is 5.32 Å². The molecule has 4 heteroatoms. The van der Waals surface area contributed by atoms with E-state index >= 15 is 0 Å². The number of benzene rings is 1. The summed E-state index contributed by atoms with van der Waals surface area (Å²) in [6.07, 6.45) is 0. The number of nitrogens with one attached hydrogen (secondary N) is 2. The lowest BCUT2D eigenvalue weighted by Crippen LogP contribution is -2.12. The molecular weight excluding hydrogens is 178 g/mol. The van der Waals surface area contributed by atoms with Crippen LogP contribution in [0.2, 0.25) is 0 Å². The van der Waals surface area contributed by atoms with Crippen LogP contribution >= 0.6 is 0 Å². The Labute approximate surface area is 81.2 Å². The summed E-state index contributed by atoms with van der Waals surface area (Å²) in [6.45, 7) is 0. The maximum Gasteiger partial charge on any atom is 0.273 e. The molecule has 72 valence electrons. The van der Waals surface area contributed by atoms with E-state index in [-0.39, 0.29) is 5.56 Å². The first-order valence-electron chi connectivity index (χ1n) is 4.36. The van der Waals surface area contributed by atoms with Crippen LogP contribution in [0.4, 0.5) is 5.82 Å². The lowest BCUT2D eigenvalue weighted by atomic mass is 10.3. The highest BCUT2D eigenvalue weighted by Gasteiger charge is 2.01. The smallest absolute Gasteiger partial charge is 0.273 e. The minimum atomic E-state index is -0.0689. The summed E-state index contributed by atoms with van der Waals surface area (Å²) in [5, 5.41) is 5.82. The highest BCUT2D eigenvalue weighted by molar-refractivity contribution is 5.37. The van der Waals surface area contributed by atoms with Gasteiger partial charge >= 0.3 is 0 Å². The number of aromatic amines is 1. The van der Waals surface area contributed by atoms with E-state index in [9.17, 15) is 4.79 Å². The van der Waals surface area contributed by atoms with E-state index in [4.69, 9.17) is 0 Å². The van der Waals surface area contributed by atoms with Gasteiger partial charge in [-0.1, -0.05) is 18.2 Å². The van der Waals surface area contributed by atoms with Crippen LogP contribution in [-0.2, 0) is 0 Å². The van der Waals surface area contributed by atoms with Crippen LogP contribution in [0.25, 0.3) is 5.69 Å². The zero-order valence-electron chi connectivity index (χ0n) is 7.82. The van der Waals surface area contributed by atoms with Gasteiger partial charge in [0.05, 0.1) is 5.69 Å². The number of hydrogen-bond acceptors (Lipinski definition) is 2. The Morgan fingerprint density at radius 1 is 1.29 bits per heavy atom. The normalized spacial score (nSPS) is 10.1. The maximum absolute atomic E-state index is 11.5. The van der Waals surface area contributed by atoms with Crippen molar-refractivity contribution in [1.29, 1.82) is 0 Å². The fraction of sp³-hybridized carbons (Fsp3) is 0.100. The van der Waals surface area contributed by atoms with E-state index in [1.165, 1.54) is 10.7 Å². The molecule has 0 spiro atoms. The van der Waals surface area contributed by atoms with Crippen molar-refractivity contribution >= 4 is 5.82 Å². The van der Waals surface area contributed by atoms with Crippen LogP contribution in [0.1, 0.15) is 0 Å². The van der Waals surface area contributed by atoms with E-state index in [1.54, 1.807) is 7.05 Å². The van der Waals surface area contributed by atoms with Crippen molar-refractivity contribution in [3.63, 3.8) is 0 Å². The third kappa shape index (κ3) is 1.42. The van der Waals surface area contributed by atoms with Crippen LogP contribution in [0.15, 0.2) is 41.2 Å². The molecule has 1 heterocycles. The average molecular weight is 189 g/mol. The highest BCUT2D eigenvalue weighted by atomic mass is 16.1. The third-order valence-electron chi connectivity index (χ3n) is 2.00. The zero-order chi connectivity index (χ0) is 9.97. The fourth-order valence-corrected chi connectivity index (χ4v) is 1.29. The summed E-state index contributed by atoms with van der Waals surface area (Å²) >= 11 is 0. The van der Waals surface area contributed by atoms with Gasteiger partial charge in [0, 0.05) is 13.1 Å². The predicted molar refractivity (Wildman–Crippen MR) is 55.9 cm³/mol. The van der Waals surface area contributed by atoms with E-state index in [0.29, 0.717) is 5.82 Å². The standard InChI is InChI=1S/C10H11N3O/c1-11-9-7-10(14)13(12-9)8-5-3-2-4-6-8/h2-7,11-12H,1H3. The molecule has 0 radical (unpaired) electrons. The monoisotopic (exact) mass is 189 g/mol. The van der Waals surface area contributed by atoms with Gasteiger partial charge in [-0.2, -0.15) is 0 Å². The van der Waals surface area contributed by atoms with Crippen molar-refractivity contribution in [3.8, 4) is 5.69 Å². The number of H-pyrrole nitrogens is 1. The molecule has 0 aliphatic heterocycles. The molecule has 2 aromatic rings. The van der Waals surface area contributed by atoms with Crippen LogP contribution < -0.4 is 10.9 Å². The second-order valence-electron chi connectivity index (χ2n) is 2.93. The molecule has 1 aromatic heterocycles. The van der Waals surface area contributed by atoms with Gasteiger partial charge in [-0.15, -0.1) is 0 Å². The summed E-state index contributed by atoms with van der Waals surface area (Å²) in [4.78, 5) is 11.5. The summed E-state index contributed by atoms with van der Waals surface area (Å²) in [5.41, 5.74) is 0.763. The predicted octanol–water partition coefficient (Wildman–Crippen LogP) is 1.21. The van der Waals surface area contributed by atoms with E-state index in [1.807, 2.05) is 30.3 Å². The van der Waals surface area contributed by atoms with Gasteiger partial charge in [0.15, 0.2) is 0 Å². The maximum atomic E-state index is 11.5. The molecule has 0 fully saturated rings. The topological polar surface area (TPSA) is 49.8 Å². The largest absolute Gasteiger partial charge is 0.373 e. The third-order valence-corrected chi connectivity index (χ3v) is 2.00. The van der Waals surface area contributed by atoms with E-state index in [0.717, 1.165) is 5.69 Å². The fourth-order valence-electron chi connectivity index (χ4n) is 1.29. The number of hydrogen-bond donors (Lipinski definition) is 2. The summed E-state index contributed by atoms with van der Waals surface area (Å²) in [6, 6.07) is 11.0. The van der Waals surface area contributed by atoms with Crippen molar-refractivity contribution in [3.05, 3.63) is 46.8 Å². The molecule has 0 atom stereocenters. The molecule has 0 aliphatic carbocycles. The summed E-state index contributed by atoms with van der Waals surface area (Å²) in [7, 11) is 1.76. The molecule has 0 saturated heterocycles. The Balaban J connectivity index is 2.52. The summed E-state index contributed by atoms with van der Waals surface area (Å²) < 4.78 is 1.49. The van der Waals surface area contributed by atoms with Gasteiger partial charge in [0.1, 0.15) is 5.82 Å². The van der Waals surface area contributed by atoms with Crippen LogP contribution in [-0.4, -0.2) is 16.8 Å². The first-order chi connectivity index (χ1) is 6.81. The quantitative estimate of drug-likeness (QED) is 0.746. The van der Waals surface area contributed by atoms with Crippen LogP contribution in [0.3, 0.4) is 0 Å². The Hall–Kier alpha value is -1.97. The molecule has 2 rings (SSSR count). The minimum absolute atomic E-state index is 0.0689. The number of nitrogens with zero attached hydrogens (tertiary/aromatic N) is 1. The highest BCUT2D eigenvalue weighted by Crippen LogP contribution is 2.04. The first-order valence-corrected chi connectivity index (χ1v) is 4.36. The molecular formula is C10H11N3O. The van der Waals surface area contributed by atoms with Crippen molar-refractivity contribution in [1.82, 2.24) is 9.78 Å². The van der Waals surface area contributed by atoms with Gasteiger partial charge in [-0.25, -0.2) is 4.68 Å². The second kappa shape index (κ2) is 3.41. The number of anilines is 1. The SMILES string of the molecule is CNc1cc(=O)n(-c2ccccc2)[nH]1. The molecule has 0 unspecified atom stereocenters. The van der Waals surface area contributed by atoms with Gasteiger partial charge in [0.25, 0.3) is 5.56 Å². The van der Waals surface area contributed by atoms with Crippen molar-refractivity contribution in [2.75, 3.05) is 12.4 Å². The number of para-hydroxylation sites is 1. The Bertz CT molecular complexity index is 470. The van der Waals surface area contributed by atoms with Gasteiger partial charge in [0.2, 0.25) is 0 Å². The molecule has 0 amide bonds. The number of aromatic nitrogens is 2. The Morgan fingerprint density at radius 2 is 2.00 bits per heavy atom. The van der Waals surface area contributed by atoms with E-state index in [2.05, 4.69) is 10.4 Å². The lowest BCUT2D eigenvalue weighted by molar-refractivity contribution is 0.852. The van der Waals surface area contributed by atoms with Crippen molar-refractivity contribution in [2.24, 2.45) is 0 Å². The zero-order valence-corrected chi connectivity index (χ0v) is 7.82. The second-order valence-corrected chi connectivity index (χ2v) is 2.93. The Morgan fingerprint density at radius 3 is 2.57 bits per heavy atom. The molecule has 2 N–H and O–H groups in total. The van der Waals surface area contributed by atoms with E-state index < -0.39 is 0 Å². The molecule has 4 nitrogen and oxygen atoms in total. The van der Waals surface area contributed by atoms with Gasteiger partial charge in [-0.3, -0.25) is 9.89 Å². The molecule has 0 aliphatic rings. The minimum Gasteiger partial charge on any atom is -0.373 e.